The lowest BCUT2D eigenvalue weighted by Gasteiger charge is -2.17. The minimum Gasteiger partial charge on any atom is -0.393 e. The van der Waals surface area contributed by atoms with E-state index in [0.717, 1.165) is 12.1 Å². The summed E-state index contributed by atoms with van der Waals surface area (Å²) in [6.07, 6.45) is 2.41. The van der Waals surface area contributed by atoms with Crippen molar-refractivity contribution in [2.24, 2.45) is 0 Å². The van der Waals surface area contributed by atoms with Crippen LogP contribution in [0.1, 0.15) is 37.4 Å². The van der Waals surface area contributed by atoms with Gasteiger partial charge >= 0.3 is 0 Å². The molecule has 1 N–H and O–H groups in total. The third-order valence-electron chi connectivity index (χ3n) is 2.34. The van der Waals surface area contributed by atoms with Crippen LogP contribution in [-0.4, -0.2) is 16.2 Å². The Hall–Kier alpha value is -0.890. The molecule has 2 atom stereocenters. The lowest BCUT2D eigenvalue weighted by Crippen LogP contribution is -2.15. The molecule has 0 saturated heterocycles. The third kappa shape index (κ3) is 2.52. The van der Waals surface area contributed by atoms with Crippen LogP contribution in [0.25, 0.3) is 0 Å². The third-order valence-corrected chi connectivity index (χ3v) is 2.34. The maximum atomic E-state index is 9.52. The van der Waals surface area contributed by atoms with Crippen molar-refractivity contribution in [1.82, 2.24) is 4.98 Å². The van der Waals surface area contributed by atoms with Crippen molar-refractivity contribution in [2.75, 3.05) is 0 Å². The topological polar surface area (TPSA) is 33.1 Å². The Labute approximate surface area is 79.6 Å². The molecule has 2 heteroatoms. The maximum absolute atomic E-state index is 9.52. The first-order valence-electron chi connectivity index (χ1n) is 4.75. The molecule has 0 fully saturated rings. The number of hydrogen-bond donors (Lipinski definition) is 1. The van der Waals surface area contributed by atoms with Crippen LogP contribution in [0.2, 0.25) is 0 Å². The summed E-state index contributed by atoms with van der Waals surface area (Å²) in [4.78, 5) is 4.27. The van der Waals surface area contributed by atoms with Crippen molar-refractivity contribution in [1.29, 1.82) is 0 Å². The molecule has 2 unspecified atom stereocenters. The number of aromatic nitrogens is 1. The molecule has 0 bridgehead atoms. The van der Waals surface area contributed by atoms with E-state index in [0.29, 0.717) is 0 Å². The van der Waals surface area contributed by atoms with Gasteiger partial charge in [-0.1, -0.05) is 6.92 Å². The number of pyridine rings is 1. The van der Waals surface area contributed by atoms with Gasteiger partial charge < -0.3 is 5.11 Å². The van der Waals surface area contributed by atoms with Gasteiger partial charge in [-0.3, -0.25) is 4.98 Å². The average Bonchev–Trinajstić information content (AvgIpc) is 2.04. The Bertz CT molecular complexity index is 271. The molecule has 1 heterocycles. The van der Waals surface area contributed by atoms with Crippen molar-refractivity contribution >= 4 is 0 Å². The van der Waals surface area contributed by atoms with Gasteiger partial charge in [0.15, 0.2) is 0 Å². The molecule has 0 aromatic carbocycles. The van der Waals surface area contributed by atoms with Crippen LogP contribution in [0.15, 0.2) is 18.3 Å². The van der Waals surface area contributed by atoms with Crippen LogP contribution in [-0.2, 0) is 0 Å². The Kier molecular flexibility index (Phi) is 3.43. The fourth-order valence-corrected chi connectivity index (χ4v) is 1.56. The second-order valence-electron chi connectivity index (χ2n) is 3.51. The highest BCUT2D eigenvalue weighted by Crippen LogP contribution is 2.21. The quantitative estimate of drug-likeness (QED) is 0.772. The first kappa shape index (κ1) is 10.2. The molecule has 2 nitrogen and oxygen atoms in total. The first-order chi connectivity index (χ1) is 6.15. The summed E-state index contributed by atoms with van der Waals surface area (Å²) in [5.41, 5.74) is 2.20. The summed E-state index contributed by atoms with van der Waals surface area (Å²) in [6.45, 7) is 5.93. The zero-order valence-corrected chi connectivity index (χ0v) is 8.49. The van der Waals surface area contributed by atoms with Gasteiger partial charge in [0.2, 0.25) is 0 Å². The highest BCUT2D eigenvalue weighted by molar-refractivity contribution is 5.18. The second-order valence-corrected chi connectivity index (χ2v) is 3.51. The minimum atomic E-state index is -0.320. The minimum absolute atomic E-state index is 0.167. The van der Waals surface area contributed by atoms with Crippen LogP contribution in [0.3, 0.4) is 0 Å². The average molecular weight is 179 g/mol. The highest BCUT2D eigenvalue weighted by Gasteiger charge is 2.15. The maximum Gasteiger partial charge on any atom is 0.0595 e. The van der Waals surface area contributed by atoms with Crippen molar-refractivity contribution < 1.29 is 5.11 Å². The normalized spacial score (nSPS) is 15.4. The van der Waals surface area contributed by atoms with Gasteiger partial charge in [0.25, 0.3) is 0 Å². The SMILES string of the molecule is CCC(c1cc(C)ccn1)C(C)O. The molecule has 0 aliphatic heterocycles. The predicted octanol–water partition coefficient (Wildman–Crippen LogP) is 2.26. The number of aryl methyl sites for hydroxylation is 1. The molecule has 0 spiro atoms. The first-order valence-corrected chi connectivity index (χ1v) is 4.75. The van der Waals surface area contributed by atoms with Gasteiger partial charge in [0, 0.05) is 17.8 Å². The molecular weight excluding hydrogens is 162 g/mol. The molecule has 72 valence electrons. The summed E-state index contributed by atoms with van der Waals surface area (Å²) < 4.78 is 0. The Morgan fingerprint density at radius 2 is 2.23 bits per heavy atom. The van der Waals surface area contributed by atoms with Crippen LogP contribution >= 0.6 is 0 Å². The number of aliphatic hydroxyl groups is 1. The molecular formula is C11H17NO. The Balaban J connectivity index is 2.91. The van der Waals surface area contributed by atoms with E-state index < -0.39 is 0 Å². The molecule has 1 rings (SSSR count). The van der Waals surface area contributed by atoms with Gasteiger partial charge in [0.1, 0.15) is 0 Å². The summed E-state index contributed by atoms with van der Waals surface area (Å²) in [5.74, 6) is 0.167. The van der Waals surface area contributed by atoms with E-state index in [-0.39, 0.29) is 12.0 Å². The van der Waals surface area contributed by atoms with Crippen LogP contribution in [0.5, 0.6) is 0 Å². The fraction of sp³-hybridized carbons (Fsp3) is 0.545. The second kappa shape index (κ2) is 4.38. The van der Waals surface area contributed by atoms with Crippen molar-refractivity contribution in [3.8, 4) is 0 Å². The van der Waals surface area contributed by atoms with E-state index in [9.17, 15) is 5.11 Å². The summed E-state index contributed by atoms with van der Waals surface area (Å²) >= 11 is 0. The molecule has 0 amide bonds. The van der Waals surface area contributed by atoms with Crippen molar-refractivity contribution in [3.63, 3.8) is 0 Å². The van der Waals surface area contributed by atoms with Gasteiger partial charge in [-0.25, -0.2) is 0 Å². The zero-order chi connectivity index (χ0) is 9.84. The number of aliphatic hydroxyl groups excluding tert-OH is 1. The molecule has 13 heavy (non-hydrogen) atoms. The molecule has 0 aliphatic rings. The molecule has 0 saturated carbocycles. The van der Waals surface area contributed by atoms with E-state index >= 15 is 0 Å². The lowest BCUT2D eigenvalue weighted by atomic mass is 9.95. The Morgan fingerprint density at radius 3 is 2.69 bits per heavy atom. The van der Waals surface area contributed by atoms with Gasteiger partial charge in [-0.2, -0.15) is 0 Å². The van der Waals surface area contributed by atoms with E-state index in [1.54, 1.807) is 6.20 Å². The van der Waals surface area contributed by atoms with Gasteiger partial charge in [0.05, 0.1) is 6.10 Å². The van der Waals surface area contributed by atoms with Crippen LogP contribution in [0.4, 0.5) is 0 Å². The summed E-state index contributed by atoms with van der Waals surface area (Å²) in [5, 5.41) is 9.52. The van der Waals surface area contributed by atoms with E-state index in [2.05, 4.69) is 11.9 Å². The number of hydrogen-bond acceptors (Lipinski definition) is 2. The van der Waals surface area contributed by atoms with Crippen molar-refractivity contribution in [3.05, 3.63) is 29.6 Å². The Morgan fingerprint density at radius 1 is 1.54 bits per heavy atom. The van der Waals surface area contributed by atoms with Crippen LogP contribution in [0, 0.1) is 6.92 Å². The van der Waals surface area contributed by atoms with E-state index in [1.165, 1.54) is 5.56 Å². The molecule has 0 radical (unpaired) electrons. The van der Waals surface area contributed by atoms with E-state index in [4.69, 9.17) is 0 Å². The van der Waals surface area contributed by atoms with Crippen molar-refractivity contribution in [2.45, 2.75) is 39.2 Å². The highest BCUT2D eigenvalue weighted by atomic mass is 16.3. The monoisotopic (exact) mass is 179 g/mol. The van der Waals surface area contributed by atoms with Gasteiger partial charge in [-0.05, 0) is 38.0 Å². The molecule has 1 aromatic rings. The zero-order valence-electron chi connectivity index (χ0n) is 8.49. The lowest BCUT2D eigenvalue weighted by molar-refractivity contribution is 0.158. The molecule has 0 aliphatic carbocycles. The number of rotatable bonds is 3. The largest absolute Gasteiger partial charge is 0.393 e. The van der Waals surface area contributed by atoms with E-state index in [1.807, 2.05) is 26.0 Å². The smallest absolute Gasteiger partial charge is 0.0595 e. The fourth-order valence-electron chi connectivity index (χ4n) is 1.56. The summed E-state index contributed by atoms with van der Waals surface area (Å²) in [7, 11) is 0. The van der Waals surface area contributed by atoms with Gasteiger partial charge in [-0.15, -0.1) is 0 Å². The van der Waals surface area contributed by atoms with Crippen LogP contribution < -0.4 is 0 Å². The molecule has 1 aromatic heterocycles. The predicted molar refractivity (Wildman–Crippen MR) is 53.7 cm³/mol. The summed E-state index contributed by atoms with van der Waals surface area (Å²) in [6, 6.07) is 4.01. The standard InChI is InChI=1S/C11H17NO/c1-4-10(9(3)13)11-7-8(2)5-6-12-11/h5-7,9-10,13H,4H2,1-3H3. The number of nitrogens with zero attached hydrogens (tertiary/aromatic N) is 1.